The van der Waals surface area contributed by atoms with Crippen LogP contribution in [-0.4, -0.2) is 62.5 Å². The number of ether oxygens (including phenoxy) is 3. The van der Waals surface area contributed by atoms with Crippen molar-refractivity contribution in [3.8, 4) is 28.4 Å². The molecule has 0 spiro atoms. The van der Waals surface area contributed by atoms with Crippen molar-refractivity contribution in [2.24, 2.45) is 0 Å². The van der Waals surface area contributed by atoms with Crippen LogP contribution in [0, 0.1) is 6.92 Å². The van der Waals surface area contributed by atoms with Crippen LogP contribution in [-0.2, 0) is 0 Å². The molecule has 1 saturated heterocycles. The number of aryl methyl sites for hydroxylation is 1. The van der Waals surface area contributed by atoms with Crippen LogP contribution in [0.3, 0.4) is 0 Å². The molecule has 0 saturated carbocycles. The Labute approximate surface area is 238 Å². The van der Waals surface area contributed by atoms with Gasteiger partial charge in [0, 0.05) is 35.2 Å². The minimum atomic E-state index is -0.653. The van der Waals surface area contributed by atoms with Gasteiger partial charge in [0.25, 0.3) is 5.91 Å². The van der Waals surface area contributed by atoms with Crippen molar-refractivity contribution in [3.63, 3.8) is 0 Å². The third-order valence-electron chi connectivity index (χ3n) is 7.36. The van der Waals surface area contributed by atoms with E-state index in [1.54, 1.807) is 38.5 Å². The summed E-state index contributed by atoms with van der Waals surface area (Å²) in [5.41, 5.74) is 2.41. The number of fused-ring (bicyclic) bond motifs is 1. The molecule has 0 bridgehead atoms. The van der Waals surface area contributed by atoms with Gasteiger partial charge in [0.2, 0.25) is 0 Å². The molecular formula is C32H34N2O7. The Bertz CT molecular complexity index is 1610. The van der Waals surface area contributed by atoms with Crippen LogP contribution in [0.15, 0.2) is 69.9 Å². The maximum absolute atomic E-state index is 13.2. The van der Waals surface area contributed by atoms with E-state index in [1.165, 1.54) is 0 Å². The molecule has 41 heavy (non-hydrogen) atoms. The first-order valence-corrected chi connectivity index (χ1v) is 13.6. The van der Waals surface area contributed by atoms with E-state index in [-0.39, 0.29) is 18.4 Å². The van der Waals surface area contributed by atoms with E-state index in [1.807, 2.05) is 43.3 Å². The molecule has 0 aliphatic carbocycles. The number of rotatable bonds is 9. The largest absolute Gasteiger partial charge is 0.497 e. The highest BCUT2D eigenvalue weighted by Crippen LogP contribution is 2.33. The average molecular weight is 559 g/mol. The molecule has 0 radical (unpaired) electrons. The molecule has 1 aliphatic rings. The molecule has 2 heterocycles. The van der Waals surface area contributed by atoms with Crippen molar-refractivity contribution in [1.29, 1.82) is 0 Å². The number of methoxy groups -OCH3 is 2. The summed E-state index contributed by atoms with van der Waals surface area (Å²) in [6.07, 6.45) is 1.90. The first-order valence-electron chi connectivity index (χ1n) is 13.6. The average Bonchev–Trinajstić information content (AvgIpc) is 2.99. The highest BCUT2D eigenvalue weighted by Gasteiger charge is 2.22. The molecule has 9 nitrogen and oxygen atoms in total. The fourth-order valence-corrected chi connectivity index (χ4v) is 5.21. The minimum absolute atomic E-state index is 0.0110. The predicted octanol–water partition coefficient (Wildman–Crippen LogP) is 4.87. The van der Waals surface area contributed by atoms with Gasteiger partial charge < -0.3 is 29.1 Å². The zero-order valence-corrected chi connectivity index (χ0v) is 23.4. The van der Waals surface area contributed by atoms with Crippen molar-refractivity contribution in [2.45, 2.75) is 25.9 Å². The molecule has 1 aliphatic heterocycles. The molecule has 4 aromatic rings. The van der Waals surface area contributed by atoms with E-state index in [0.717, 1.165) is 37.1 Å². The quantitative estimate of drug-likeness (QED) is 0.280. The number of piperidine rings is 1. The third kappa shape index (κ3) is 6.21. The van der Waals surface area contributed by atoms with Crippen molar-refractivity contribution >= 4 is 22.6 Å². The highest BCUT2D eigenvalue weighted by molar-refractivity contribution is 6.05. The lowest BCUT2D eigenvalue weighted by atomic mass is 10.0. The monoisotopic (exact) mass is 558 g/mol. The van der Waals surface area contributed by atoms with Gasteiger partial charge >= 0.3 is 5.63 Å². The number of aliphatic hydroxyl groups excluding tert-OH is 1. The number of β-amino-alcohol motifs (C(OH)–C–C–N with tert-alkyl or cyclic N) is 1. The van der Waals surface area contributed by atoms with Crippen LogP contribution in [0.5, 0.6) is 17.2 Å². The molecule has 9 heteroatoms. The lowest BCUT2D eigenvalue weighted by Gasteiger charge is -2.32. The standard InChI is InChI=1S/C32H34N2O7/c1-20-28(40-25-8-5-13-34(19-25)14-15-35)11-9-22-18-27(32(37)41-30(20)22)33-31(36)23-10-12-29(39-3)26(17-23)21-6-4-7-24(16-21)38-2/h4,6-7,9-12,16-18,25,35H,5,8,13-15,19H2,1-3H3,(H,33,36). The molecule has 1 fully saturated rings. The number of nitrogens with zero attached hydrogens (tertiary/aromatic N) is 1. The van der Waals surface area contributed by atoms with E-state index < -0.39 is 11.5 Å². The zero-order valence-electron chi connectivity index (χ0n) is 23.4. The van der Waals surface area contributed by atoms with Crippen molar-refractivity contribution in [1.82, 2.24) is 4.90 Å². The maximum Gasteiger partial charge on any atom is 0.360 e. The molecule has 2 N–H and O–H groups in total. The summed E-state index contributed by atoms with van der Waals surface area (Å²) >= 11 is 0. The molecule has 1 amide bonds. The van der Waals surface area contributed by atoms with Crippen LogP contribution in [0.2, 0.25) is 0 Å². The van der Waals surface area contributed by atoms with Gasteiger partial charge in [0.1, 0.15) is 34.6 Å². The predicted molar refractivity (Wildman–Crippen MR) is 157 cm³/mol. The second kappa shape index (κ2) is 12.4. The maximum atomic E-state index is 13.2. The van der Waals surface area contributed by atoms with Gasteiger partial charge in [-0.2, -0.15) is 0 Å². The summed E-state index contributed by atoms with van der Waals surface area (Å²) in [4.78, 5) is 28.4. The topological polar surface area (TPSA) is 110 Å². The van der Waals surface area contributed by atoms with Crippen molar-refractivity contribution < 1.29 is 28.5 Å². The van der Waals surface area contributed by atoms with Crippen LogP contribution in [0.4, 0.5) is 5.69 Å². The molecule has 3 aromatic carbocycles. The number of nitrogens with one attached hydrogen (secondary N) is 1. The molecular weight excluding hydrogens is 524 g/mol. The number of hydrogen-bond acceptors (Lipinski definition) is 8. The Morgan fingerprint density at radius 2 is 1.90 bits per heavy atom. The number of hydrogen-bond donors (Lipinski definition) is 2. The number of carbonyl (C=O) groups is 1. The summed E-state index contributed by atoms with van der Waals surface area (Å²) in [6, 6.07) is 17.8. The van der Waals surface area contributed by atoms with Crippen LogP contribution in [0.1, 0.15) is 28.8 Å². The number of amides is 1. The third-order valence-corrected chi connectivity index (χ3v) is 7.36. The number of carbonyl (C=O) groups excluding carboxylic acids is 1. The Hall–Kier alpha value is -4.34. The van der Waals surface area contributed by atoms with Crippen LogP contribution < -0.4 is 25.2 Å². The fourth-order valence-electron chi connectivity index (χ4n) is 5.21. The lowest BCUT2D eigenvalue weighted by molar-refractivity contribution is 0.0764. The summed E-state index contributed by atoms with van der Waals surface area (Å²) in [6.45, 7) is 4.27. The van der Waals surface area contributed by atoms with Gasteiger partial charge in [0.15, 0.2) is 0 Å². The first kappa shape index (κ1) is 28.2. The summed E-state index contributed by atoms with van der Waals surface area (Å²) < 4.78 is 22.8. The second-order valence-corrected chi connectivity index (χ2v) is 10.1. The SMILES string of the molecule is COc1cccc(-c2cc(C(=O)Nc3cc4ccc(OC5CCCN(CCO)C5)c(C)c4oc3=O)ccc2OC)c1. The van der Waals surface area contributed by atoms with E-state index in [9.17, 15) is 14.7 Å². The van der Waals surface area contributed by atoms with E-state index >= 15 is 0 Å². The number of anilines is 1. The van der Waals surface area contributed by atoms with Gasteiger partial charge in [-0.1, -0.05) is 12.1 Å². The van der Waals surface area contributed by atoms with Crippen LogP contribution >= 0.6 is 0 Å². The van der Waals surface area contributed by atoms with E-state index in [0.29, 0.717) is 45.9 Å². The highest BCUT2D eigenvalue weighted by atomic mass is 16.5. The van der Waals surface area contributed by atoms with Crippen LogP contribution in [0.25, 0.3) is 22.1 Å². The summed E-state index contributed by atoms with van der Waals surface area (Å²) in [5.74, 6) is 1.48. The van der Waals surface area contributed by atoms with Crippen molar-refractivity contribution in [2.75, 3.05) is 45.8 Å². The Kier molecular flexibility index (Phi) is 8.56. The van der Waals surface area contributed by atoms with Gasteiger partial charge in [-0.05, 0) is 80.4 Å². The van der Waals surface area contributed by atoms with Gasteiger partial charge in [0.05, 0.1) is 20.8 Å². The van der Waals surface area contributed by atoms with E-state index in [2.05, 4.69) is 10.2 Å². The minimum Gasteiger partial charge on any atom is -0.497 e. The smallest absolute Gasteiger partial charge is 0.360 e. The van der Waals surface area contributed by atoms with Gasteiger partial charge in [-0.3, -0.25) is 9.69 Å². The van der Waals surface area contributed by atoms with E-state index in [4.69, 9.17) is 18.6 Å². The molecule has 1 atom stereocenters. The van der Waals surface area contributed by atoms with Gasteiger partial charge in [-0.15, -0.1) is 0 Å². The Balaban J connectivity index is 1.38. The summed E-state index contributed by atoms with van der Waals surface area (Å²) in [5, 5.41) is 12.6. The molecule has 1 unspecified atom stereocenters. The molecule has 214 valence electrons. The summed E-state index contributed by atoms with van der Waals surface area (Å²) in [7, 11) is 3.16. The van der Waals surface area contributed by atoms with Crippen molar-refractivity contribution in [3.05, 3.63) is 82.2 Å². The number of aliphatic hydroxyl groups is 1. The molecule has 5 rings (SSSR count). The number of likely N-dealkylation sites (tertiary alicyclic amines) is 1. The second-order valence-electron chi connectivity index (χ2n) is 10.1. The Morgan fingerprint density at radius 3 is 2.68 bits per heavy atom. The normalized spacial score (nSPS) is 15.5. The van der Waals surface area contributed by atoms with Gasteiger partial charge in [-0.25, -0.2) is 4.79 Å². The number of benzene rings is 3. The lowest BCUT2D eigenvalue weighted by Crippen LogP contribution is -2.42. The fraction of sp³-hybridized carbons (Fsp3) is 0.312. The zero-order chi connectivity index (χ0) is 28.9. The first-order chi connectivity index (χ1) is 19.9. The Morgan fingerprint density at radius 1 is 1.07 bits per heavy atom. The molecule has 1 aromatic heterocycles.